The predicted molar refractivity (Wildman–Crippen MR) is 79.3 cm³/mol. The number of aliphatic carboxylic acids is 1. The Morgan fingerprint density at radius 1 is 1.35 bits per heavy atom. The summed E-state index contributed by atoms with van der Waals surface area (Å²) in [5, 5.41) is 14.3. The van der Waals surface area contributed by atoms with Gasteiger partial charge in [0, 0.05) is 17.8 Å². The Morgan fingerprint density at radius 2 is 2.10 bits per heavy atom. The molecule has 1 unspecified atom stereocenters. The summed E-state index contributed by atoms with van der Waals surface area (Å²) in [5.74, 6) is -0.0333. The summed E-state index contributed by atoms with van der Waals surface area (Å²) >= 11 is 1.58. The molecule has 0 amide bonds. The second kappa shape index (κ2) is 7.07. The third-order valence-corrected chi connectivity index (χ3v) is 3.89. The van der Waals surface area contributed by atoms with Gasteiger partial charge in [0.2, 0.25) is 0 Å². The van der Waals surface area contributed by atoms with Gasteiger partial charge in [0.15, 0.2) is 0 Å². The number of carbonyl (C=O) groups is 1. The van der Waals surface area contributed by atoms with Crippen molar-refractivity contribution in [1.82, 2.24) is 5.32 Å². The molecule has 0 fully saturated rings. The number of nitrogens with one attached hydrogen (secondary N) is 1. The van der Waals surface area contributed by atoms with E-state index >= 15 is 0 Å². The molecule has 106 valence electrons. The molecular weight excluding hydrogens is 274 g/mol. The van der Waals surface area contributed by atoms with E-state index in [2.05, 4.69) is 5.32 Å². The highest BCUT2D eigenvalue weighted by molar-refractivity contribution is 7.09. The molecule has 1 aromatic heterocycles. The van der Waals surface area contributed by atoms with Gasteiger partial charge in [-0.25, -0.2) is 0 Å². The van der Waals surface area contributed by atoms with Gasteiger partial charge in [-0.05, 0) is 29.1 Å². The van der Waals surface area contributed by atoms with Gasteiger partial charge in [-0.1, -0.05) is 18.2 Å². The van der Waals surface area contributed by atoms with Crippen LogP contribution in [0.4, 0.5) is 0 Å². The van der Waals surface area contributed by atoms with E-state index in [0.717, 1.165) is 16.2 Å². The average molecular weight is 291 g/mol. The minimum absolute atomic E-state index is 0.503. The van der Waals surface area contributed by atoms with E-state index in [4.69, 9.17) is 4.74 Å². The lowest BCUT2D eigenvalue weighted by atomic mass is 10.1. The molecule has 0 saturated carbocycles. The van der Waals surface area contributed by atoms with Crippen LogP contribution in [0.3, 0.4) is 0 Å². The fourth-order valence-corrected chi connectivity index (χ4v) is 2.61. The number of hydrogen-bond donors (Lipinski definition) is 2. The van der Waals surface area contributed by atoms with Gasteiger partial charge in [0.05, 0.1) is 7.11 Å². The minimum Gasteiger partial charge on any atom is -0.497 e. The number of thiophene rings is 1. The van der Waals surface area contributed by atoms with E-state index in [1.54, 1.807) is 18.4 Å². The molecule has 0 saturated heterocycles. The van der Waals surface area contributed by atoms with E-state index in [0.29, 0.717) is 13.0 Å². The SMILES string of the molecule is COc1ccc(CNC(Cc2cccs2)C(=O)O)cc1. The lowest BCUT2D eigenvalue weighted by Crippen LogP contribution is -2.37. The van der Waals surface area contributed by atoms with E-state index in [9.17, 15) is 9.90 Å². The number of methoxy groups -OCH3 is 1. The summed E-state index contributed by atoms with van der Waals surface area (Å²) in [6, 6.07) is 10.9. The number of hydrogen-bond acceptors (Lipinski definition) is 4. The lowest BCUT2D eigenvalue weighted by Gasteiger charge is -2.13. The monoisotopic (exact) mass is 291 g/mol. The van der Waals surface area contributed by atoms with Crippen molar-refractivity contribution in [3.63, 3.8) is 0 Å². The maximum absolute atomic E-state index is 11.3. The second-order valence-corrected chi connectivity index (χ2v) is 5.44. The molecule has 2 rings (SSSR count). The van der Waals surface area contributed by atoms with Gasteiger partial charge in [-0.15, -0.1) is 11.3 Å². The number of carboxylic acids is 1. The van der Waals surface area contributed by atoms with Crippen LogP contribution >= 0.6 is 11.3 Å². The zero-order valence-corrected chi connectivity index (χ0v) is 12.0. The normalized spacial score (nSPS) is 12.1. The average Bonchev–Trinajstić information content (AvgIpc) is 2.96. The third-order valence-electron chi connectivity index (χ3n) is 3.00. The molecular formula is C15H17NO3S. The van der Waals surface area contributed by atoms with E-state index in [1.807, 2.05) is 41.8 Å². The molecule has 0 bridgehead atoms. The third kappa shape index (κ3) is 4.08. The molecule has 0 aliphatic heterocycles. The molecule has 20 heavy (non-hydrogen) atoms. The van der Waals surface area contributed by atoms with Gasteiger partial charge in [0.25, 0.3) is 0 Å². The van der Waals surface area contributed by atoms with Crippen LogP contribution in [-0.2, 0) is 17.8 Å². The van der Waals surface area contributed by atoms with Gasteiger partial charge in [-0.2, -0.15) is 0 Å². The lowest BCUT2D eigenvalue weighted by molar-refractivity contribution is -0.139. The summed E-state index contributed by atoms with van der Waals surface area (Å²) in [6.45, 7) is 0.520. The van der Waals surface area contributed by atoms with Gasteiger partial charge in [0.1, 0.15) is 11.8 Å². The first-order valence-electron chi connectivity index (χ1n) is 6.30. The minimum atomic E-state index is -0.827. The van der Waals surface area contributed by atoms with Crippen molar-refractivity contribution in [2.75, 3.05) is 7.11 Å². The first kappa shape index (κ1) is 14.6. The van der Waals surface area contributed by atoms with Crippen molar-refractivity contribution < 1.29 is 14.6 Å². The van der Waals surface area contributed by atoms with Crippen LogP contribution in [0.25, 0.3) is 0 Å². The first-order chi connectivity index (χ1) is 9.69. The molecule has 5 heteroatoms. The highest BCUT2D eigenvalue weighted by Gasteiger charge is 2.17. The maximum atomic E-state index is 11.3. The number of rotatable bonds is 7. The van der Waals surface area contributed by atoms with E-state index < -0.39 is 12.0 Å². The topological polar surface area (TPSA) is 58.6 Å². The Morgan fingerprint density at radius 3 is 2.65 bits per heavy atom. The summed E-state index contributed by atoms with van der Waals surface area (Å²) in [4.78, 5) is 12.3. The van der Waals surface area contributed by atoms with Crippen LogP contribution in [0.5, 0.6) is 5.75 Å². The van der Waals surface area contributed by atoms with Crippen LogP contribution < -0.4 is 10.1 Å². The second-order valence-electron chi connectivity index (χ2n) is 4.40. The molecule has 0 aliphatic carbocycles. The van der Waals surface area contributed by atoms with Crippen molar-refractivity contribution in [2.45, 2.75) is 19.0 Å². The van der Waals surface area contributed by atoms with Crippen LogP contribution in [0, 0.1) is 0 Å². The number of benzene rings is 1. The molecule has 4 nitrogen and oxygen atoms in total. The van der Waals surface area contributed by atoms with Crippen LogP contribution in [0.15, 0.2) is 41.8 Å². The molecule has 1 atom stereocenters. The Bertz CT molecular complexity index is 537. The Hall–Kier alpha value is -1.85. The highest BCUT2D eigenvalue weighted by Crippen LogP contribution is 2.13. The molecule has 0 aliphatic rings. The fourth-order valence-electron chi connectivity index (χ4n) is 1.86. The Kier molecular flexibility index (Phi) is 5.15. The zero-order chi connectivity index (χ0) is 14.4. The quantitative estimate of drug-likeness (QED) is 0.823. The maximum Gasteiger partial charge on any atom is 0.321 e. The summed E-state index contributed by atoms with van der Waals surface area (Å²) in [7, 11) is 1.62. The Balaban J connectivity index is 1.92. The van der Waals surface area contributed by atoms with Gasteiger partial charge < -0.3 is 9.84 Å². The van der Waals surface area contributed by atoms with Crippen molar-refractivity contribution in [3.05, 3.63) is 52.2 Å². The van der Waals surface area contributed by atoms with Gasteiger partial charge >= 0.3 is 5.97 Å². The Labute approximate surface area is 122 Å². The van der Waals surface area contributed by atoms with E-state index in [1.165, 1.54) is 0 Å². The van der Waals surface area contributed by atoms with Crippen molar-refractivity contribution in [3.8, 4) is 5.75 Å². The summed E-state index contributed by atoms with van der Waals surface area (Å²) in [6.07, 6.45) is 0.503. The number of carboxylic acid groups (broad SMARTS) is 1. The highest BCUT2D eigenvalue weighted by atomic mass is 32.1. The standard InChI is InChI=1S/C15H17NO3S/c1-19-12-6-4-11(5-7-12)10-16-14(15(17)18)9-13-3-2-8-20-13/h2-8,14,16H,9-10H2,1H3,(H,17,18). The molecule has 1 aromatic carbocycles. The van der Waals surface area contributed by atoms with E-state index in [-0.39, 0.29) is 0 Å². The van der Waals surface area contributed by atoms with Crippen LogP contribution in [0.1, 0.15) is 10.4 Å². The van der Waals surface area contributed by atoms with Crippen molar-refractivity contribution in [2.24, 2.45) is 0 Å². The number of ether oxygens (including phenoxy) is 1. The molecule has 0 spiro atoms. The van der Waals surface area contributed by atoms with Crippen LogP contribution in [0.2, 0.25) is 0 Å². The molecule has 1 heterocycles. The summed E-state index contributed by atoms with van der Waals surface area (Å²) < 4.78 is 5.09. The van der Waals surface area contributed by atoms with Crippen molar-refractivity contribution >= 4 is 17.3 Å². The van der Waals surface area contributed by atoms with Crippen LogP contribution in [-0.4, -0.2) is 24.2 Å². The zero-order valence-electron chi connectivity index (χ0n) is 11.2. The largest absolute Gasteiger partial charge is 0.497 e. The molecule has 2 N–H and O–H groups in total. The van der Waals surface area contributed by atoms with Crippen molar-refractivity contribution in [1.29, 1.82) is 0 Å². The van der Waals surface area contributed by atoms with Gasteiger partial charge in [-0.3, -0.25) is 10.1 Å². The smallest absolute Gasteiger partial charge is 0.321 e. The predicted octanol–water partition coefficient (Wildman–Crippen LogP) is 2.54. The summed E-state index contributed by atoms with van der Waals surface area (Å²) in [5.41, 5.74) is 1.03. The first-order valence-corrected chi connectivity index (χ1v) is 7.18. The molecule has 2 aromatic rings. The molecule has 0 radical (unpaired) electrons. The fraction of sp³-hybridized carbons (Fsp3) is 0.267.